The molecule has 2 N–H and O–H groups in total. The highest BCUT2D eigenvalue weighted by atomic mass is 16.5. The Bertz CT molecular complexity index is 440. The molecule has 1 unspecified atom stereocenters. The number of hydrogen-bond donors (Lipinski definition) is 1. The highest BCUT2D eigenvalue weighted by molar-refractivity contribution is 5.77. The van der Waals surface area contributed by atoms with Gasteiger partial charge < -0.3 is 15.4 Å². The molecular weight excluding hydrogens is 200 g/mol. The van der Waals surface area contributed by atoms with Crippen LogP contribution in [-0.2, 0) is 0 Å². The molecule has 0 saturated carbocycles. The molecule has 3 nitrogen and oxygen atoms in total. The number of hydrogen-bond acceptors (Lipinski definition) is 3. The zero-order valence-electron chi connectivity index (χ0n) is 10.7. The normalized spacial score (nSPS) is 19.3. The number of anilines is 2. The first kappa shape index (κ1) is 11.1. The fourth-order valence-electron chi connectivity index (χ4n) is 2.45. The van der Waals surface area contributed by atoms with Crippen LogP contribution in [0.15, 0.2) is 0 Å². The van der Waals surface area contributed by atoms with Crippen LogP contribution >= 0.6 is 0 Å². The fraction of sp³-hybridized carbons (Fsp3) is 0.538. The maximum absolute atomic E-state index is 6.10. The topological polar surface area (TPSA) is 38.5 Å². The summed E-state index contributed by atoms with van der Waals surface area (Å²) in [6.07, 6.45) is 0.220. The summed E-state index contributed by atoms with van der Waals surface area (Å²) in [6, 6.07) is 0. The number of rotatable bonds is 0. The summed E-state index contributed by atoms with van der Waals surface area (Å²) in [5, 5.41) is 0. The lowest BCUT2D eigenvalue weighted by atomic mass is 9.98. The van der Waals surface area contributed by atoms with E-state index in [0.717, 1.165) is 23.5 Å². The second-order valence-corrected chi connectivity index (χ2v) is 4.78. The van der Waals surface area contributed by atoms with Gasteiger partial charge in [0.05, 0.1) is 12.2 Å². The molecule has 16 heavy (non-hydrogen) atoms. The van der Waals surface area contributed by atoms with Crippen LogP contribution in [0, 0.1) is 20.8 Å². The molecule has 1 aromatic rings. The largest absolute Gasteiger partial charge is 0.486 e. The molecule has 0 saturated heterocycles. The number of benzene rings is 1. The van der Waals surface area contributed by atoms with Crippen LogP contribution in [0.3, 0.4) is 0 Å². The van der Waals surface area contributed by atoms with E-state index in [9.17, 15) is 0 Å². The van der Waals surface area contributed by atoms with Gasteiger partial charge in [-0.25, -0.2) is 0 Å². The smallest absolute Gasteiger partial charge is 0.148 e. The van der Waals surface area contributed by atoms with Crippen LogP contribution in [0.4, 0.5) is 11.4 Å². The first-order chi connectivity index (χ1) is 7.43. The van der Waals surface area contributed by atoms with Gasteiger partial charge in [-0.1, -0.05) is 0 Å². The molecule has 1 heterocycles. The van der Waals surface area contributed by atoms with E-state index >= 15 is 0 Å². The minimum Gasteiger partial charge on any atom is -0.486 e. The van der Waals surface area contributed by atoms with Gasteiger partial charge in [-0.15, -0.1) is 0 Å². The standard InChI is InChI=1S/C13H20N2O/c1-7-6-15(5)12-9(3)8(2)11(14)10(4)13(12)16-7/h7H,6,14H2,1-5H3. The third-order valence-corrected chi connectivity index (χ3v) is 3.51. The molecule has 0 amide bonds. The van der Waals surface area contributed by atoms with E-state index in [1.807, 2.05) is 6.92 Å². The van der Waals surface area contributed by atoms with Crippen molar-refractivity contribution in [1.82, 2.24) is 0 Å². The lowest BCUT2D eigenvalue weighted by Gasteiger charge is -2.35. The third kappa shape index (κ3) is 1.42. The Hall–Kier alpha value is -1.38. The van der Waals surface area contributed by atoms with Crippen LogP contribution in [0.5, 0.6) is 5.75 Å². The van der Waals surface area contributed by atoms with Crippen LogP contribution < -0.4 is 15.4 Å². The van der Waals surface area contributed by atoms with Crippen molar-refractivity contribution >= 4 is 11.4 Å². The maximum Gasteiger partial charge on any atom is 0.148 e. The predicted molar refractivity (Wildman–Crippen MR) is 68.4 cm³/mol. The average Bonchev–Trinajstić information content (AvgIpc) is 2.22. The lowest BCUT2D eigenvalue weighted by Crippen LogP contribution is -2.36. The van der Waals surface area contributed by atoms with Gasteiger partial charge in [0, 0.05) is 18.3 Å². The number of fused-ring (bicyclic) bond motifs is 1. The van der Waals surface area contributed by atoms with Gasteiger partial charge in [0.15, 0.2) is 0 Å². The van der Waals surface area contributed by atoms with Gasteiger partial charge >= 0.3 is 0 Å². The number of nitrogens with two attached hydrogens (primary N) is 1. The second-order valence-electron chi connectivity index (χ2n) is 4.78. The van der Waals surface area contributed by atoms with Crippen molar-refractivity contribution in [3.8, 4) is 5.75 Å². The van der Waals surface area contributed by atoms with E-state index in [0.29, 0.717) is 0 Å². The first-order valence-corrected chi connectivity index (χ1v) is 5.70. The first-order valence-electron chi connectivity index (χ1n) is 5.70. The Labute approximate surface area is 97.2 Å². The van der Waals surface area contributed by atoms with Gasteiger partial charge in [-0.3, -0.25) is 0 Å². The van der Waals surface area contributed by atoms with Gasteiger partial charge in [-0.2, -0.15) is 0 Å². The average molecular weight is 220 g/mol. The van der Waals surface area contributed by atoms with Crippen LogP contribution in [-0.4, -0.2) is 19.7 Å². The highest BCUT2D eigenvalue weighted by Crippen LogP contribution is 2.43. The zero-order valence-corrected chi connectivity index (χ0v) is 10.7. The van der Waals surface area contributed by atoms with Gasteiger partial charge in [0.1, 0.15) is 11.9 Å². The summed E-state index contributed by atoms with van der Waals surface area (Å²) in [7, 11) is 2.11. The molecule has 1 aliphatic heterocycles. The van der Waals surface area contributed by atoms with Crippen LogP contribution in [0.1, 0.15) is 23.6 Å². The summed E-state index contributed by atoms with van der Waals surface area (Å²) >= 11 is 0. The van der Waals surface area contributed by atoms with Crippen LogP contribution in [0.25, 0.3) is 0 Å². The van der Waals surface area contributed by atoms with Crippen molar-refractivity contribution in [2.24, 2.45) is 0 Å². The van der Waals surface area contributed by atoms with Crippen molar-refractivity contribution in [2.45, 2.75) is 33.8 Å². The summed E-state index contributed by atoms with van der Waals surface area (Å²) in [5.74, 6) is 0.960. The number of likely N-dealkylation sites (N-methyl/N-ethyl adjacent to an activating group) is 1. The zero-order chi connectivity index (χ0) is 12.0. The molecule has 88 valence electrons. The highest BCUT2D eigenvalue weighted by Gasteiger charge is 2.26. The van der Waals surface area contributed by atoms with E-state index in [2.05, 4.69) is 32.7 Å². The van der Waals surface area contributed by atoms with Crippen molar-refractivity contribution < 1.29 is 4.74 Å². The molecule has 0 aliphatic carbocycles. The van der Waals surface area contributed by atoms with Crippen molar-refractivity contribution in [1.29, 1.82) is 0 Å². The van der Waals surface area contributed by atoms with Crippen LogP contribution in [0.2, 0.25) is 0 Å². The third-order valence-electron chi connectivity index (χ3n) is 3.51. The summed E-state index contributed by atoms with van der Waals surface area (Å²) in [4.78, 5) is 2.26. The fourth-order valence-corrected chi connectivity index (χ4v) is 2.45. The molecule has 2 rings (SSSR count). The second kappa shape index (κ2) is 3.58. The van der Waals surface area contributed by atoms with Crippen molar-refractivity contribution in [2.75, 3.05) is 24.2 Å². The summed E-state index contributed by atoms with van der Waals surface area (Å²) in [5.41, 5.74) is 11.6. The Morgan fingerprint density at radius 2 is 1.81 bits per heavy atom. The number of ether oxygens (including phenoxy) is 1. The van der Waals surface area contributed by atoms with E-state index in [4.69, 9.17) is 10.5 Å². The number of nitrogen functional groups attached to an aromatic ring is 1. The van der Waals surface area contributed by atoms with E-state index in [1.165, 1.54) is 16.8 Å². The minimum absolute atomic E-state index is 0.220. The predicted octanol–water partition coefficient (Wildman–Crippen LogP) is 2.41. The Morgan fingerprint density at radius 3 is 2.44 bits per heavy atom. The molecule has 0 aromatic heterocycles. The molecule has 0 fully saturated rings. The van der Waals surface area contributed by atoms with Crippen molar-refractivity contribution in [3.05, 3.63) is 16.7 Å². The summed E-state index contributed by atoms with van der Waals surface area (Å²) in [6.45, 7) is 9.23. The monoisotopic (exact) mass is 220 g/mol. The van der Waals surface area contributed by atoms with E-state index in [-0.39, 0.29) is 6.10 Å². The van der Waals surface area contributed by atoms with E-state index < -0.39 is 0 Å². The number of nitrogens with zero attached hydrogens (tertiary/aromatic N) is 1. The quantitative estimate of drug-likeness (QED) is 0.682. The SMILES string of the molecule is Cc1c(C)c2c(c(C)c1N)OC(C)CN2C. The lowest BCUT2D eigenvalue weighted by molar-refractivity contribution is 0.214. The molecule has 1 aromatic carbocycles. The van der Waals surface area contributed by atoms with Crippen molar-refractivity contribution in [3.63, 3.8) is 0 Å². The molecule has 0 bridgehead atoms. The molecule has 1 atom stereocenters. The Morgan fingerprint density at radius 1 is 1.19 bits per heavy atom. The molecule has 3 heteroatoms. The maximum atomic E-state index is 6.10. The molecule has 1 aliphatic rings. The van der Waals surface area contributed by atoms with Gasteiger partial charge in [0.2, 0.25) is 0 Å². The van der Waals surface area contributed by atoms with Gasteiger partial charge in [-0.05, 0) is 38.8 Å². The van der Waals surface area contributed by atoms with Gasteiger partial charge in [0.25, 0.3) is 0 Å². The Kier molecular flexibility index (Phi) is 2.49. The van der Waals surface area contributed by atoms with E-state index in [1.54, 1.807) is 0 Å². The summed E-state index contributed by atoms with van der Waals surface area (Å²) < 4.78 is 5.93. The molecular formula is C13H20N2O. The molecule has 0 spiro atoms. The molecule has 0 radical (unpaired) electrons. The Balaban J connectivity index is 2.71. The minimum atomic E-state index is 0.220.